The zero-order valence-electron chi connectivity index (χ0n) is 13.5. The number of halogens is 2. The Morgan fingerprint density at radius 2 is 1.62 bits per heavy atom. The van der Waals surface area contributed by atoms with Crippen molar-refractivity contribution in [1.82, 2.24) is 15.5 Å². The van der Waals surface area contributed by atoms with Gasteiger partial charge in [0.05, 0.1) is 0 Å². The molecule has 5 nitrogen and oxygen atoms in total. The second-order valence-electron chi connectivity index (χ2n) is 5.38. The average Bonchev–Trinajstić information content (AvgIpc) is 2.65. The number of nitrogens with one attached hydrogen (secondary N) is 3. The highest BCUT2D eigenvalue weighted by Gasteiger charge is 2.01. The third-order valence-electron chi connectivity index (χ3n) is 3.41. The summed E-state index contributed by atoms with van der Waals surface area (Å²) in [6.45, 7) is 0.515. The zero-order chi connectivity index (χ0) is 18.4. The molecule has 3 rings (SSSR count). The van der Waals surface area contributed by atoms with Gasteiger partial charge >= 0.3 is 0 Å². The maximum Gasteiger partial charge on any atom is 0.171 e. The van der Waals surface area contributed by atoms with Gasteiger partial charge < -0.3 is 16.0 Å². The van der Waals surface area contributed by atoms with Crippen LogP contribution in [-0.2, 0) is 6.54 Å². The summed E-state index contributed by atoms with van der Waals surface area (Å²) in [6.07, 6.45) is 0. The molecule has 0 fully saturated rings. The van der Waals surface area contributed by atoms with Gasteiger partial charge in [0, 0.05) is 17.9 Å². The molecule has 0 aliphatic carbocycles. The summed E-state index contributed by atoms with van der Waals surface area (Å²) < 4.78 is 12.9. The summed E-state index contributed by atoms with van der Waals surface area (Å²) in [5.41, 5.74) is 2.64. The monoisotopic (exact) mass is 387 g/mol. The van der Waals surface area contributed by atoms with Crippen LogP contribution in [0.1, 0.15) is 5.56 Å². The number of aromatic nitrogens is 2. The fourth-order valence-electron chi connectivity index (χ4n) is 2.13. The lowest BCUT2D eigenvalue weighted by Crippen LogP contribution is -2.27. The van der Waals surface area contributed by atoms with Gasteiger partial charge in [0.25, 0.3) is 0 Å². The molecule has 8 heteroatoms. The van der Waals surface area contributed by atoms with Crippen molar-refractivity contribution in [3.05, 3.63) is 77.2 Å². The SMILES string of the molecule is Fc1ccc(CNC(=S)Nc2ccc(Nc3ccc(Cl)nn3)cc2)cc1. The van der Waals surface area contributed by atoms with Gasteiger partial charge in [-0.2, -0.15) is 0 Å². The number of benzene rings is 2. The van der Waals surface area contributed by atoms with E-state index in [1.807, 2.05) is 24.3 Å². The van der Waals surface area contributed by atoms with Gasteiger partial charge in [0.15, 0.2) is 16.1 Å². The minimum absolute atomic E-state index is 0.257. The van der Waals surface area contributed by atoms with Gasteiger partial charge in [-0.05, 0) is 66.3 Å². The summed E-state index contributed by atoms with van der Waals surface area (Å²) in [6, 6.07) is 17.2. The van der Waals surface area contributed by atoms with Crippen LogP contribution >= 0.6 is 23.8 Å². The minimum atomic E-state index is -0.257. The van der Waals surface area contributed by atoms with E-state index in [1.165, 1.54) is 12.1 Å². The molecule has 0 bridgehead atoms. The Morgan fingerprint density at radius 1 is 0.923 bits per heavy atom. The maximum atomic E-state index is 12.9. The number of rotatable bonds is 5. The van der Waals surface area contributed by atoms with Crippen molar-refractivity contribution in [2.24, 2.45) is 0 Å². The third kappa shape index (κ3) is 5.37. The second kappa shape index (κ2) is 8.55. The summed E-state index contributed by atoms with van der Waals surface area (Å²) in [5, 5.41) is 17.8. The van der Waals surface area contributed by atoms with Crippen molar-refractivity contribution in [2.45, 2.75) is 6.54 Å². The van der Waals surface area contributed by atoms with Crippen LogP contribution in [0.2, 0.25) is 5.15 Å². The molecular weight excluding hydrogens is 373 g/mol. The predicted octanol–water partition coefficient (Wildman–Crippen LogP) is 4.50. The van der Waals surface area contributed by atoms with E-state index in [9.17, 15) is 4.39 Å². The summed E-state index contributed by atoms with van der Waals surface area (Å²) >= 11 is 11.0. The predicted molar refractivity (Wildman–Crippen MR) is 106 cm³/mol. The average molecular weight is 388 g/mol. The molecule has 0 spiro atoms. The fourth-order valence-corrected chi connectivity index (χ4v) is 2.42. The minimum Gasteiger partial charge on any atom is -0.358 e. The van der Waals surface area contributed by atoms with Crippen LogP contribution in [0.5, 0.6) is 0 Å². The molecule has 0 aliphatic rings. The van der Waals surface area contributed by atoms with Crippen LogP contribution in [0.3, 0.4) is 0 Å². The van der Waals surface area contributed by atoms with Gasteiger partial charge in [-0.1, -0.05) is 23.7 Å². The molecule has 0 saturated carbocycles. The van der Waals surface area contributed by atoms with Gasteiger partial charge in [-0.25, -0.2) is 4.39 Å². The molecule has 0 saturated heterocycles. The topological polar surface area (TPSA) is 61.9 Å². The van der Waals surface area contributed by atoms with Crippen molar-refractivity contribution in [3.63, 3.8) is 0 Å². The number of anilines is 3. The Hall–Kier alpha value is -2.77. The Kier molecular flexibility index (Phi) is 5.93. The highest BCUT2D eigenvalue weighted by molar-refractivity contribution is 7.80. The van der Waals surface area contributed by atoms with E-state index in [2.05, 4.69) is 26.1 Å². The zero-order valence-corrected chi connectivity index (χ0v) is 15.1. The molecule has 0 aliphatic heterocycles. The highest BCUT2D eigenvalue weighted by atomic mass is 35.5. The number of hydrogen-bond donors (Lipinski definition) is 3. The summed E-state index contributed by atoms with van der Waals surface area (Å²) in [7, 11) is 0. The number of nitrogens with zero attached hydrogens (tertiary/aromatic N) is 2. The van der Waals surface area contributed by atoms with Crippen LogP contribution in [-0.4, -0.2) is 15.3 Å². The van der Waals surface area contributed by atoms with Crippen molar-refractivity contribution >= 4 is 46.1 Å². The molecule has 0 atom stereocenters. The molecule has 0 radical (unpaired) electrons. The molecule has 3 N–H and O–H groups in total. The van der Waals surface area contributed by atoms with Crippen molar-refractivity contribution in [1.29, 1.82) is 0 Å². The van der Waals surface area contributed by atoms with Gasteiger partial charge in [-0.3, -0.25) is 0 Å². The van der Waals surface area contributed by atoms with E-state index in [1.54, 1.807) is 24.3 Å². The molecule has 3 aromatic rings. The van der Waals surface area contributed by atoms with Gasteiger partial charge in [0.2, 0.25) is 0 Å². The van der Waals surface area contributed by atoms with E-state index in [0.717, 1.165) is 16.9 Å². The molecular formula is C18H15ClFN5S. The summed E-state index contributed by atoms with van der Waals surface area (Å²) in [4.78, 5) is 0. The Morgan fingerprint density at radius 3 is 2.27 bits per heavy atom. The Labute approximate surface area is 160 Å². The van der Waals surface area contributed by atoms with E-state index in [-0.39, 0.29) is 5.82 Å². The lowest BCUT2D eigenvalue weighted by molar-refractivity contribution is 0.627. The normalized spacial score (nSPS) is 10.2. The van der Waals surface area contributed by atoms with Crippen LogP contribution < -0.4 is 16.0 Å². The fraction of sp³-hybridized carbons (Fsp3) is 0.0556. The quantitative estimate of drug-likeness (QED) is 0.560. The second-order valence-corrected chi connectivity index (χ2v) is 6.17. The molecule has 26 heavy (non-hydrogen) atoms. The first-order valence-electron chi connectivity index (χ1n) is 7.74. The molecule has 1 aromatic heterocycles. The van der Waals surface area contributed by atoms with Crippen LogP contribution in [0.15, 0.2) is 60.7 Å². The highest BCUT2D eigenvalue weighted by Crippen LogP contribution is 2.18. The molecule has 132 valence electrons. The van der Waals surface area contributed by atoms with E-state index < -0.39 is 0 Å². The number of hydrogen-bond acceptors (Lipinski definition) is 4. The van der Waals surface area contributed by atoms with Crippen molar-refractivity contribution in [2.75, 3.05) is 10.6 Å². The smallest absolute Gasteiger partial charge is 0.171 e. The molecule has 0 amide bonds. The van der Waals surface area contributed by atoms with Crippen molar-refractivity contribution in [3.8, 4) is 0 Å². The first kappa shape index (κ1) is 18.0. The third-order valence-corrected chi connectivity index (χ3v) is 3.86. The van der Waals surface area contributed by atoms with E-state index >= 15 is 0 Å². The molecule has 0 unspecified atom stereocenters. The van der Waals surface area contributed by atoms with Gasteiger partial charge in [-0.15, -0.1) is 10.2 Å². The Bertz CT molecular complexity index is 870. The Balaban J connectivity index is 1.50. The van der Waals surface area contributed by atoms with E-state index in [4.69, 9.17) is 23.8 Å². The maximum absolute atomic E-state index is 12.9. The van der Waals surface area contributed by atoms with Crippen molar-refractivity contribution < 1.29 is 4.39 Å². The van der Waals surface area contributed by atoms with Crippen LogP contribution in [0.25, 0.3) is 0 Å². The van der Waals surface area contributed by atoms with Crippen LogP contribution in [0.4, 0.5) is 21.6 Å². The number of thiocarbonyl (C=S) groups is 1. The lowest BCUT2D eigenvalue weighted by Gasteiger charge is -2.11. The molecule has 2 aromatic carbocycles. The van der Waals surface area contributed by atoms with Crippen LogP contribution in [0, 0.1) is 5.82 Å². The first-order valence-corrected chi connectivity index (χ1v) is 8.53. The largest absolute Gasteiger partial charge is 0.358 e. The van der Waals surface area contributed by atoms with Gasteiger partial charge in [0.1, 0.15) is 5.82 Å². The first-order chi connectivity index (χ1) is 12.6. The lowest BCUT2D eigenvalue weighted by atomic mass is 10.2. The van der Waals surface area contributed by atoms with E-state index in [0.29, 0.717) is 22.6 Å². The molecule has 1 heterocycles. The summed E-state index contributed by atoms with van der Waals surface area (Å²) in [5.74, 6) is 0.347. The standard InChI is InChI=1S/C18H15ClFN5S/c19-16-9-10-17(25-24-16)22-14-5-7-15(8-6-14)23-18(26)21-11-12-1-3-13(20)4-2-12/h1-10H,11H2,(H,22,25)(H2,21,23,26).